The predicted octanol–water partition coefficient (Wildman–Crippen LogP) is 3.73. The maximum absolute atomic E-state index is 12.1. The highest BCUT2D eigenvalue weighted by Gasteiger charge is 2.11. The van der Waals surface area contributed by atoms with Gasteiger partial charge in [-0.1, -0.05) is 48.5 Å². The van der Waals surface area contributed by atoms with Crippen molar-refractivity contribution in [1.29, 1.82) is 0 Å². The van der Waals surface area contributed by atoms with Crippen molar-refractivity contribution in [3.8, 4) is 0 Å². The summed E-state index contributed by atoms with van der Waals surface area (Å²) in [6, 6.07) is 16.4. The van der Waals surface area contributed by atoms with Crippen molar-refractivity contribution in [2.24, 2.45) is 0 Å². The number of nitrogens with zero attached hydrogens (tertiary/aromatic N) is 1. The minimum absolute atomic E-state index is 0.0645. The molecule has 1 N–H and O–H groups in total. The number of rotatable bonds is 3. The average Bonchev–Trinajstić information content (AvgIpc) is 2.48. The van der Waals surface area contributed by atoms with Crippen molar-refractivity contribution >= 4 is 11.6 Å². The van der Waals surface area contributed by atoms with Crippen molar-refractivity contribution in [2.75, 3.05) is 0 Å². The molecule has 1 unspecified atom stereocenters. The fraction of sp³-hybridized carbons (Fsp3) is 0.125. The highest BCUT2D eigenvalue weighted by molar-refractivity contribution is 5.95. The van der Waals surface area contributed by atoms with Crippen LogP contribution in [0.15, 0.2) is 54.6 Å². The Morgan fingerprint density at radius 2 is 1.89 bits per heavy atom. The van der Waals surface area contributed by atoms with Crippen molar-refractivity contribution in [3.63, 3.8) is 0 Å². The van der Waals surface area contributed by atoms with Gasteiger partial charge in [-0.25, -0.2) is 4.85 Å². The van der Waals surface area contributed by atoms with Gasteiger partial charge in [-0.3, -0.25) is 4.79 Å². The molecule has 1 atom stereocenters. The Hall–Kier alpha value is -2.60. The quantitative estimate of drug-likeness (QED) is 0.827. The Balaban J connectivity index is 2.11. The van der Waals surface area contributed by atoms with Crippen LogP contribution in [0.2, 0.25) is 0 Å². The lowest BCUT2D eigenvalue weighted by Crippen LogP contribution is -2.26. The second kappa shape index (κ2) is 5.83. The van der Waals surface area contributed by atoms with E-state index in [0.717, 1.165) is 5.56 Å². The summed E-state index contributed by atoms with van der Waals surface area (Å²) in [4.78, 5) is 15.4. The molecule has 2 rings (SSSR count). The zero-order chi connectivity index (χ0) is 13.7. The molecule has 0 aliphatic carbocycles. The molecule has 94 valence electrons. The van der Waals surface area contributed by atoms with Crippen molar-refractivity contribution in [2.45, 2.75) is 13.0 Å². The number of hydrogen-bond acceptors (Lipinski definition) is 1. The molecule has 0 saturated heterocycles. The van der Waals surface area contributed by atoms with Crippen LogP contribution in [-0.4, -0.2) is 5.91 Å². The molecule has 0 saturated carbocycles. The SMILES string of the molecule is [C-]#[N+]c1cccc(C(=O)NC(C)c2ccccc2)c1. The predicted molar refractivity (Wildman–Crippen MR) is 75.0 cm³/mol. The lowest BCUT2D eigenvalue weighted by atomic mass is 10.1. The minimum Gasteiger partial charge on any atom is -0.346 e. The third-order valence-electron chi connectivity index (χ3n) is 2.88. The molecule has 0 aliphatic heterocycles. The first-order chi connectivity index (χ1) is 9.20. The van der Waals surface area contributed by atoms with E-state index in [9.17, 15) is 4.79 Å². The van der Waals surface area contributed by atoms with Crippen LogP contribution in [0.4, 0.5) is 5.69 Å². The third-order valence-corrected chi connectivity index (χ3v) is 2.88. The van der Waals surface area contributed by atoms with Gasteiger partial charge >= 0.3 is 0 Å². The van der Waals surface area contributed by atoms with Gasteiger partial charge in [-0.2, -0.15) is 0 Å². The highest BCUT2D eigenvalue weighted by Crippen LogP contribution is 2.16. The van der Waals surface area contributed by atoms with Crippen molar-refractivity contribution in [1.82, 2.24) is 5.32 Å². The summed E-state index contributed by atoms with van der Waals surface area (Å²) in [5, 5.41) is 2.92. The lowest BCUT2D eigenvalue weighted by molar-refractivity contribution is 0.0940. The van der Waals surface area contributed by atoms with Crippen LogP contribution in [0.1, 0.15) is 28.9 Å². The second-order valence-electron chi connectivity index (χ2n) is 4.27. The summed E-state index contributed by atoms with van der Waals surface area (Å²) in [7, 11) is 0. The summed E-state index contributed by atoms with van der Waals surface area (Å²) < 4.78 is 0. The molecule has 0 radical (unpaired) electrons. The summed E-state index contributed by atoms with van der Waals surface area (Å²) in [5.74, 6) is -0.165. The van der Waals surface area contributed by atoms with E-state index in [4.69, 9.17) is 6.57 Å². The average molecular weight is 250 g/mol. The van der Waals surface area contributed by atoms with E-state index in [1.54, 1.807) is 24.3 Å². The van der Waals surface area contributed by atoms with E-state index in [1.807, 2.05) is 37.3 Å². The largest absolute Gasteiger partial charge is 0.346 e. The van der Waals surface area contributed by atoms with Gasteiger partial charge in [0.25, 0.3) is 0 Å². The van der Waals surface area contributed by atoms with E-state index < -0.39 is 0 Å². The molecule has 3 nitrogen and oxygen atoms in total. The summed E-state index contributed by atoms with van der Waals surface area (Å²) in [6.07, 6.45) is 0. The molecule has 2 aromatic carbocycles. The first-order valence-corrected chi connectivity index (χ1v) is 6.04. The zero-order valence-corrected chi connectivity index (χ0v) is 10.6. The van der Waals surface area contributed by atoms with Crippen LogP contribution in [0.3, 0.4) is 0 Å². The molecule has 1 amide bonds. The van der Waals surface area contributed by atoms with E-state index in [2.05, 4.69) is 10.2 Å². The van der Waals surface area contributed by atoms with Gasteiger partial charge in [0.2, 0.25) is 5.91 Å². The fourth-order valence-electron chi connectivity index (χ4n) is 1.82. The van der Waals surface area contributed by atoms with Gasteiger partial charge < -0.3 is 5.32 Å². The summed E-state index contributed by atoms with van der Waals surface area (Å²) in [5.41, 5.74) is 2.04. The van der Waals surface area contributed by atoms with Crippen LogP contribution in [0.25, 0.3) is 4.85 Å². The molecular formula is C16H14N2O. The molecule has 0 aliphatic rings. The third kappa shape index (κ3) is 3.20. The molecular weight excluding hydrogens is 236 g/mol. The minimum atomic E-state index is -0.165. The van der Waals surface area contributed by atoms with Crippen molar-refractivity contribution < 1.29 is 4.79 Å². The Labute approximate surface area is 112 Å². The van der Waals surface area contributed by atoms with E-state index >= 15 is 0 Å². The molecule has 19 heavy (non-hydrogen) atoms. The first kappa shape index (κ1) is 12.8. The molecule has 0 bridgehead atoms. The topological polar surface area (TPSA) is 33.5 Å². The first-order valence-electron chi connectivity index (χ1n) is 6.04. The molecule has 0 fully saturated rings. The smallest absolute Gasteiger partial charge is 0.250 e. The van der Waals surface area contributed by atoms with Crippen LogP contribution in [-0.2, 0) is 0 Å². The van der Waals surface area contributed by atoms with Crippen LogP contribution in [0, 0.1) is 6.57 Å². The summed E-state index contributed by atoms with van der Waals surface area (Å²) >= 11 is 0. The Morgan fingerprint density at radius 3 is 2.58 bits per heavy atom. The van der Waals surface area contributed by atoms with Gasteiger partial charge in [0, 0.05) is 5.56 Å². The maximum Gasteiger partial charge on any atom is 0.250 e. The normalized spacial score (nSPS) is 11.4. The molecule has 2 aromatic rings. The van der Waals surface area contributed by atoms with Crippen LogP contribution < -0.4 is 5.32 Å². The van der Waals surface area contributed by atoms with E-state index in [0.29, 0.717) is 11.3 Å². The van der Waals surface area contributed by atoms with Gasteiger partial charge in [-0.15, -0.1) is 0 Å². The van der Waals surface area contributed by atoms with E-state index in [-0.39, 0.29) is 11.9 Å². The standard InChI is InChI=1S/C16H14N2O/c1-12(13-7-4-3-5-8-13)18-16(19)14-9-6-10-15(11-14)17-2/h3-12H,1H3,(H,18,19). The molecule has 0 spiro atoms. The number of nitrogens with one attached hydrogen (secondary N) is 1. The van der Waals surface area contributed by atoms with Gasteiger partial charge in [-0.05, 0) is 18.6 Å². The zero-order valence-electron chi connectivity index (χ0n) is 10.6. The molecule has 3 heteroatoms. The fourth-order valence-corrected chi connectivity index (χ4v) is 1.82. The number of carbonyl (C=O) groups excluding carboxylic acids is 1. The lowest BCUT2D eigenvalue weighted by Gasteiger charge is -2.14. The Morgan fingerprint density at radius 1 is 1.16 bits per heavy atom. The Kier molecular flexibility index (Phi) is 3.94. The van der Waals surface area contributed by atoms with E-state index in [1.165, 1.54) is 0 Å². The summed E-state index contributed by atoms with van der Waals surface area (Å²) in [6.45, 7) is 8.89. The maximum atomic E-state index is 12.1. The Bertz CT molecular complexity index is 614. The number of amides is 1. The second-order valence-corrected chi connectivity index (χ2v) is 4.27. The number of benzene rings is 2. The van der Waals surface area contributed by atoms with Gasteiger partial charge in [0.15, 0.2) is 5.69 Å². The van der Waals surface area contributed by atoms with Crippen LogP contribution >= 0.6 is 0 Å². The molecule has 0 aromatic heterocycles. The highest BCUT2D eigenvalue weighted by atomic mass is 16.1. The number of hydrogen-bond donors (Lipinski definition) is 1. The van der Waals surface area contributed by atoms with Crippen LogP contribution in [0.5, 0.6) is 0 Å². The van der Waals surface area contributed by atoms with Crippen molar-refractivity contribution in [3.05, 3.63) is 77.1 Å². The monoisotopic (exact) mass is 250 g/mol. The van der Waals surface area contributed by atoms with Gasteiger partial charge in [0.05, 0.1) is 12.6 Å². The molecule has 0 heterocycles. The van der Waals surface area contributed by atoms with Gasteiger partial charge in [0.1, 0.15) is 0 Å². The number of carbonyl (C=O) groups is 1.